The predicted octanol–water partition coefficient (Wildman–Crippen LogP) is 3.62. The standard InChI is InChI=1S/C15H15N3O4S/c1-10-8-13(16-11(2)19)14(9-15(10)23(20,21)22)18-17-12-6-4-3-5-7-12/h3-9H,1-2H3,(H,16,19)(H,20,21,22). The van der Waals surface area contributed by atoms with Gasteiger partial charge in [0.25, 0.3) is 10.1 Å². The number of anilines is 1. The van der Waals surface area contributed by atoms with Crippen LogP contribution in [0.1, 0.15) is 12.5 Å². The van der Waals surface area contributed by atoms with Gasteiger partial charge in [-0.25, -0.2) is 0 Å². The molecule has 0 saturated heterocycles. The number of azo groups is 1. The van der Waals surface area contributed by atoms with Crippen LogP contribution in [-0.4, -0.2) is 18.9 Å². The third-order valence-corrected chi connectivity index (χ3v) is 3.91. The normalized spacial score (nSPS) is 11.6. The van der Waals surface area contributed by atoms with Gasteiger partial charge in [-0.2, -0.15) is 13.5 Å². The minimum absolute atomic E-state index is 0.127. The Morgan fingerprint density at radius 2 is 1.78 bits per heavy atom. The molecule has 0 aromatic heterocycles. The first-order valence-electron chi connectivity index (χ1n) is 6.64. The summed E-state index contributed by atoms with van der Waals surface area (Å²) in [6.07, 6.45) is 0. The zero-order chi connectivity index (χ0) is 17.0. The molecule has 0 bridgehead atoms. The summed E-state index contributed by atoms with van der Waals surface area (Å²) >= 11 is 0. The van der Waals surface area contributed by atoms with E-state index in [1.165, 1.54) is 26.0 Å². The Bertz CT molecular complexity index is 862. The molecule has 0 fully saturated rings. The topological polar surface area (TPSA) is 108 Å². The maximum Gasteiger partial charge on any atom is 0.294 e. The summed E-state index contributed by atoms with van der Waals surface area (Å²) in [6.45, 7) is 2.83. The lowest BCUT2D eigenvalue weighted by Gasteiger charge is -2.10. The van der Waals surface area contributed by atoms with Crippen LogP contribution in [0, 0.1) is 6.92 Å². The van der Waals surface area contributed by atoms with Crippen LogP contribution in [0.4, 0.5) is 17.1 Å². The molecular formula is C15H15N3O4S. The van der Waals surface area contributed by atoms with E-state index in [4.69, 9.17) is 0 Å². The number of amides is 1. The average molecular weight is 333 g/mol. The van der Waals surface area contributed by atoms with Gasteiger partial charge in [-0.05, 0) is 36.8 Å². The van der Waals surface area contributed by atoms with Crippen molar-refractivity contribution in [3.05, 3.63) is 48.0 Å². The quantitative estimate of drug-likeness (QED) is 0.658. The van der Waals surface area contributed by atoms with Crippen molar-refractivity contribution >= 4 is 33.1 Å². The molecule has 0 atom stereocenters. The lowest BCUT2D eigenvalue weighted by molar-refractivity contribution is -0.114. The molecule has 2 aromatic carbocycles. The Balaban J connectivity index is 2.54. The molecule has 0 spiro atoms. The van der Waals surface area contributed by atoms with Gasteiger partial charge in [0, 0.05) is 6.92 Å². The maximum atomic E-state index is 11.4. The number of rotatable bonds is 4. The SMILES string of the molecule is CC(=O)Nc1cc(C)c(S(=O)(=O)O)cc1N=Nc1ccccc1. The van der Waals surface area contributed by atoms with Gasteiger partial charge in [0.1, 0.15) is 5.69 Å². The van der Waals surface area contributed by atoms with Crippen molar-refractivity contribution in [2.45, 2.75) is 18.7 Å². The molecule has 0 saturated carbocycles. The Morgan fingerprint density at radius 3 is 2.35 bits per heavy atom. The summed E-state index contributed by atoms with van der Waals surface area (Å²) in [5, 5.41) is 10.5. The van der Waals surface area contributed by atoms with Crippen molar-refractivity contribution < 1.29 is 17.8 Å². The Morgan fingerprint density at radius 1 is 1.13 bits per heavy atom. The molecule has 0 radical (unpaired) electrons. The van der Waals surface area contributed by atoms with Crippen LogP contribution in [0.3, 0.4) is 0 Å². The number of hydrogen-bond donors (Lipinski definition) is 2. The third kappa shape index (κ3) is 4.44. The predicted molar refractivity (Wildman–Crippen MR) is 85.9 cm³/mol. The molecule has 0 unspecified atom stereocenters. The number of hydrogen-bond acceptors (Lipinski definition) is 5. The number of carbonyl (C=O) groups is 1. The Hall–Kier alpha value is -2.58. The van der Waals surface area contributed by atoms with Crippen LogP contribution in [0.25, 0.3) is 0 Å². The van der Waals surface area contributed by atoms with Gasteiger partial charge >= 0.3 is 0 Å². The van der Waals surface area contributed by atoms with Gasteiger partial charge < -0.3 is 5.32 Å². The first kappa shape index (κ1) is 16.8. The number of carbonyl (C=O) groups excluding carboxylic acids is 1. The van der Waals surface area contributed by atoms with Crippen molar-refractivity contribution in [1.29, 1.82) is 0 Å². The van der Waals surface area contributed by atoms with Gasteiger partial charge in [0.05, 0.1) is 16.3 Å². The first-order chi connectivity index (χ1) is 10.8. The van der Waals surface area contributed by atoms with Gasteiger partial charge in [-0.15, -0.1) is 5.11 Å². The number of nitrogens with zero attached hydrogens (tertiary/aromatic N) is 2. The lowest BCUT2D eigenvalue weighted by Crippen LogP contribution is -2.08. The lowest BCUT2D eigenvalue weighted by atomic mass is 10.2. The highest BCUT2D eigenvalue weighted by molar-refractivity contribution is 7.85. The monoisotopic (exact) mass is 333 g/mol. The van der Waals surface area contributed by atoms with E-state index >= 15 is 0 Å². The van der Waals surface area contributed by atoms with E-state index in [2.05, 4.69) is 15.5 Å². The van der Waals surface area contributed by atoms with E-state index in [1.54, 1.807) is 24.3 Å². The summed E-state index contributed by atoms with van der Waals surface area (Å²) < 4.78 is 32.1. The van der Waals surface area contributed by atoms with Crippen LogP contribution in [0.15, 0.2) is 57.6 Å². The van der Waals surface area contributed by atoms with E-state index in [9.17, 15) is 17.8 Å². The summed E-state index contributed by atoms with van der Waals surface area (Å²) in [6, 6.07) is 11.4. The van der Waals surface area contributed by atoms with Gasteiger partial charge in [0.2, 0.25) is 5.91 Å². The average Bonchev–Trinajstić information content (AvgIpc) is 2.45. The van der Waals surface area contributed by atoms with Crippen molar-refractivity contribution in [1.82, 2.24) is 0 Å². The minimum Gasteiger partial charge on any atom is -0.324 e. The highest BCUT2D eigenvalue weighted by Gasteiger charge is 2.17. The smallest absolute Gasteiger partial charge is 0.294 e. The fourth-order valence-electron chi connectivity index (χ4n) is 1.93. The van der Waals surface area contributed by atoms with E-state index in [-0.39, 0.29) is 22.1 Å². The van der Waals surface area contributed by atoms with Crippen LogP contribution in [-0.2, 0) is 14.9 Å². The molecule has 0 aliphatic carbocycles. The van der Waals surface area contributed by atoms with Crippen molar-refractivity contribution in [3.63, 3.8) is 0 Å². The third-order valence-electron chi connectivity index (χ3n) is 2.91. The van der Waals surface area contributed by atoms with Crippen LogP contribution < -0.4 is 5.32 Å². The first-order valence-corrected chi connectivity index (χ1v) is 8.08. The highest BCUT2D eigenvalue weighted by atomic mass is 32.2. The molecule has 0 aliphatic rings. The summed E-state index contributed by atoms with van der Waals surface area (Å²) in [7, 11) is -4.40. The van der Waals surface area contributed by atoms with Crippen molar-refractivity contribution in [2.24, 2.45) is 10.2 Å². The molecule has 0 heterocycles. The molecule has 1 amide bonds. The second-order valence-electron chi connectivity index (χ2n) is 4.83. The van der Waals surface area contributed by atoms with Crippen molar-refractivity contribution in [3.8, 4) is 0 Å². The molecule has 2 N–H and O–H groups in total. The van der Waals surface area contributed by atoms with Crippen LogP contribution in [0.2, 0.25) is 0 Å². The van der Waals surface area contributed by atoms with E-state index in [1.807, 2.05) is 6.07 Å². The maximum absolute atomic E-state index is 11.4. The van der Waals surface area contributed by atoms with Gasteiger partial charge in [-0.3, -0.25) is 9.35 Å². The zero-order valence-corrected chi connectivity index (χ0v) is 13.3. The molecule has 2 rings (SSSR count). The molecule has 0 aliphatic heterocycles. The molecule has 23 heavy (non-hydrogen) atoms. The Kier molecular flexibility index (Phi) is 4.87. The van der Waals surface area contributed by atoms with Gasteiger partial charge in [-0.1, -0.05) is 18.2 Å². The van der Waals surface area contributed by atoms with Gasteiger partial charge in [0.15, 0.2) is 0 Å². The Labute approximate surface area is 133 Å². The number of aryl methyl sites for hydroxylation is 1. The van der Waals surface area contributed by atoms with Crippen LogP contribution in [0.5, 0.6) is 0 Å². The molecular weight excluding hydrogens is 318 g/mol. The second-order valence-corrected chi connectivity index (χ2v) is 6.22. The summed E-state index contributed by atoms with van der Waals surface area (Å²) in [5.41, 5.74) is 1.29. The fourth-order valence-corrected chi connectivity index (χ4v) is 2.66. The van der Waals surface area contributed by atoms with Crippen molar-refractivity contribution in [2.75, 3.05) is 5.32 Å². The largest absolute Gasteiger partial charge is 0.324 e. The molecule has 2 aromatic rings. The summed E-state index contributed by atoms with van der Waals surface area (Å²) in [4.78, 5) is 11.0. The van der Waals surface area contributed by atoms with Crippen LogP contribution >= 0.6 is 0 Å². The number of nitrogens with one attached hydrogen (secondary N) is 1. The van der Waals surface area contributed by atoms with E-state index in [0.29, 0.717) is 11.4 Å². The molecule has 8 heteroatoms. The number of benzene rings is 2. The molecule has 120 valence electrons. The fraction of sp³-hybridized carbons (Fsp3) is 0.133. The minimum atomic E-state index is -4.40. The van der Waals surface area contributed by atoms with E-state index < -0.39 is 10.1 Å². The highest BCUT2D eigenvalue weighted by Crippen LogP contribution is 2.32. The second kappa shape index (κ2) is 6.67. The summed E-state index contributed by atoms with van der Waals surface area (Å²) in [5.74, 6) is -0.333. The zero-order valence-electron chi connectivity index (χ0n) is 12.5. The van der Waals surface area contributed by atoms with E-state index in [0.717, 1.165) is 0 Å². The molecule has 7 nitrogen and oxygen atoms in total.